The van der Waals surface area contributed by atoms with E-state index in [0.717, 1.165) is 29.0 Å². The van der Waals surface area contributed by atoms with Crippen LogP contribution in [0.2, 0.25) is 5.02 Å². The Morgan fingerprint density at radius 1 is 1.14 bits per heavy atom. The van der Waals surface area contributed by atoms with Crippen molar-refractivity contribution in [3.8, 4) is 0 Å². The summed E-state index contributed by atoms with van der Waals surface area (Å²) in [6.45, 7) is 5.53. The summed E-state index contributed by atoms with van der Waals surface area (Å²) < 4.78 is 0. The van der Waals surface area contributed by atoms with E-state index in [2.05, 4.69) is 36.3 Å². The lowest BCUT2D eigenvalue weighted by molar-refractivity contribution is 0.487. The van der Waals surface area contributed by atoms with Crippen molar-refractivity contribution in [1.82, 2.24) is 4.98 Å². The molecule has 0 saturated heterocycles. The maximum atomic E-state index is 6.00. The monoisotopic (exact) mass is 322 g/mol. The van der Waals surface area contributed by atoms with Crippen molar-refractivity contribution in [2.45, 2.75) is 39.0 Å². The first-order chi connectivity index (χ1) is 10.1. The van der Waals surface area contributed by atoms with E-state index in [-0.39, 0.29) is 0 Å². The molecule has 0 aliphatic carbocycles. The van der Waals surface area contributed by atoms with Gasteiger partial charge in [-0.05, 0) is 42.4 Å². The number of benzene rings is 1. The maximum absolute atomic E-state index is 6.00. The second kappa shape index (κ2) is 8.40. The van der Waals surface area contributed by atoms with Gasteiger partial charge in [0.1, 0.15) is 0 Å². The zero-order valence-corrected chi connectivity index (χ0v) is 14.3. The SMILES string of the molecule is CC(C)CC[C@H](CCNc1nccs1)c1ccc(Cl)cc1. The average Bonchev–Trinajstić information content (AvgIpc) is 2.97. The minimum absolute atomic E-state index is 0.581. The van der Waals surface area contributed by atoms with E-state index in [9.17, 15) is 0 Å². The van der Waals surface area contributed by atoms with E-state index in [1.165, 1.54) is 18.4 Å². The predicted molar refractivity (Wildman–Crippen MR) is 93.5 cm³/mol. The molecule has 0 aliphatic rings. The predicted octanol–water partition coefficient (Wildman–Crippen LogP) is 5.82. The zero-order chi connectivity index (χ0) is 15.1. The number of hydrogen-bond acceptors (Lipinski definition) is 3. The van der Waals surface area contributed by atoms with E-state index in [1.54, 1.807) is 11.3 Å². The van der Waals surface area contributed by atoms with E-state index >= 15 is 0 Å². The van der Waals surface area contributed by atoms with Gasteiger partial charge in [-0.15, -0.1) is 11.3 Å². The fraction of sp³-hybridized carbons (Fsp3) is 0.471. The Balaban J connectivity index is 1.92. The van der Waals surface area contributed by atoms with Gasteiger partial charge >= 0.3 is 0 Å². The molecule has 2 nitrogen and oxygen atoms in total. The molecule has 2 rings (SSSR count). The molecule has 1 aromatic heterocycles. The van der Waals surface area contributed by atoms with Crippen molar-refractivity contribution in [2.24, 2.45) is 5.92 Å². The van der Waals surface area contributed by atoms with Crippen LogP contribution < -0.4 is 5.32 Å². The van der Waals surface area contributed by atoms with Crippen LogP contribution in [0.4, 0.5) is 5.13 Å². The molecule has 0 aliphatic heterocycles. The van der Waals surface area contributed by atoms with Crippen molar-refractivity contribution in [3.63, 3.8) is 0 Å². The number of hydrogen-bond donors (Lipinski definition) is 1. The van der Waals surface area contributed by atoms with E-state index in [4.69, 9.17) is 11.6 Å². The number of halogens is 1. The fourth-order valence-corrected chi connectivity index (χ4v) is 3.09. The summed E-state index contributed by atoms with van der Waals surface area (Å²) in [6.07, 6.45) is 5.43. The number of anilines is 1. The van der Waals surface area contributed by atoms with Crippen molar-refractivity contribution >= 4 is 28.1 Å². The molecule has 4 heteroatoms. The molecule has 0 fully saturated rings. The number of nitrogens with one attached hydrogen (secondary N) is 1. The Morgan fingerprint density at radius 3 is 2.52 bits per heavy atom. The van der Waals surface area contributed by atoms with Gasteiger partial charge in [0.2, 0.25) is 0 Å². The smallest absolute Gasteiger partial charge is 0.182 e. The third-order valence-electron chi connectivity index (χ3n) is 3.64. The lowest BCUT2D eigenvalue weighted by atomic mass is 9.89. The lowest BCUT2D eigenvalue weighted by Crippen LogP contribution is -2.09. The molecule has 0 spiro atoms. The Morgan fingerprint density at radius 2 is 1.90 bits per heavy atom. The molecular formula is C17H23ClN2S. The molecule has 0 bridgehead atoms. The second-order valence-corrected chi connectivity index (χ2v) is 7.10. The van der Waals surface area contributed by atoms with Gasteiger partial charge in [-0.3, -0.25) is 0 Å². The molecule has 114 valence electrons. The molecule has 0 unspecified atom stereocenters. The minimum atomic E-state index is 0.581. The summed E-state index contributed by atoms with van der Waals surface area (Å²) in [6, 6.07) is 8.31. The number of aromatic nitrogens is 1. The first kappa shape index (κ1) is 16.3. The quantitative estimate of drug-likeness (QED) is 0.662. The van der Waals surface area contributed by atoms with Gasteiger partial charge in [-0.1, -0.05) is 44.0 Å². The summed E-state index contributed by atoms with van der Waals surface area (Å²) >= 11 is 7.65. The lowest BCUT2D eigenvalue weighted by Gasteiger charge is -2.19. The molecule has 1 atom stereocenters. The summed E-state index contributed by atoms with van der Waals surface area (Å²) in [5, 5.41) is 7.22. The molecular weight excluding hydrogens is 300 g/mol. The topological polar surface area (TPSA) is 24.9 Å². The highest BCUT2D eigenvalue weighted by atomic mass is 35.5. The van der Waals surface area contributed by atoms with Gasteiger partial charge in [0, 0.05) is 23.1 Å². The van der Waals surface area contributed by atoms with Crippen LogP contribution in [0, 0.1) is 5.92 Å². The van der Waals surface area contributed by atoms with Gasteiger partial charge in [-0.2, -0.15) is 0 Å². The molecule has 1 N–H and O–H groups in total. The van der Waals surface area contributed by atoms with Gasteiger partial charge < -0.3 is 5.32 Å². The van der Waals surface area contributed by atoms with Crippen molar-refractivity contribution in [1.29, 1.82) is 0 Å². The van der Waals surface area contributed by atoms with E-state index in [0.29, 0.717) is 5.92 Å². The molecule has 0 amide bonds. The molecule has 0 radical (unpaired) electrons. The van der Waals surface area contributed by atoms with Crippen LogP contribution in [0.3, 0.4) is 0 Å². The summed E-state index contributed by atoms with van der Waals surface area (Å²) in [7, 11) is 0. The van der Waals surface area contributed by atoms with Crippen molar-refractivity contribution in [2.75, 3.05) is 11.9 Å². The molecule has 1 aromatic carbocycles. The van der Waals surface area contributed by atoms with Crippen molar-refractivity contribution in [3.05, 3.63) is 46.4 Å². The van der Waals surface area contributed by atoms with Crippen LogP contribution in [-0.2, 0) is 0 Å². The van der Waals surface area contributed by atoms with E-state index < -0.39 is 0 Å². The standard InChI is InChI=1S/C17H23ClN2S/c1-13(2)3-4-15(14-5-7-16(18)8-6-14)9-10-19-17-20-11-12-21-17/h5-8,11-13,15H,3-4,9-10H2,1-2H3,(H,19,20)/t15-/m1/s1. The Hall–Kier alpha value is -1.06. The highest BCUT2D eigenvalue weighted by Crippen LogP contribution is 2.28. The summed E-state index contributed by atoms with van der Waals surface area (Å²) in [4.78, 5) is 4.26. The van der Waals surface area contributed by atoms with E-state index in [1.807, 2.05) is 23.7 Å². The number of thiazole rings is 1. The maximum Gasteiger partial charge on any atom is 0.182 e. The van der Waals surface area contributed by atoms with Gasteiger partial charge in [0.05, 0.1) is 0 Å². The Kier molecular flexibility index (Phi) is 6.52. The molecule has 0 saturated carbocycles. The van der Waals surface area contributed by atoms with Crippen LogP contribution in [-0.4, -0.2) is 11.5 Å². The molecule has 2 aromatic rings. The first-order valence-electron chi connectivity index (χ1n) is 7.54. The Labute approximate surface area is 136 Å². The third-order valence-corrected chi connectivity index (χ3v) is 4.62. The minimum Gasteiger partial charge on any atom is -0.362 e. The Bertz CT molecular complexity index is 508. The third kappa shape index (κ3) is 5.68. The largest absolute Gasteiger partial charge is 0.362 e. The van der Waals surface area contributed by atoms with Crippen LogP contribution >= 0.6 is 22.9 Å². The normalized spacial score (nSPS) is 12.6. The zero-order valence-electron chi connectivity index (χ0n) is 12.7. The fourth-order valence-electron chi connectivity index (χ4n) is 2.41. The average molecular weight is 323 g/mol. The van der Waals surface area contributed by atoms with Gasteiger partial charge in [0.25, 0.3) is 0 Å². The van der Waals surface area contributed by atoms with Gasteiger partial charge in [0.15, 0.2) is 5.13 Å². The molecule has 21 heavy (non-hydrogen) atoms. The first-order valence-corrected chi connectivity index (χ1v) is 8.79. The highest BCUT2D eigenvalue weighted by molar-refractivity contribution is 7.13. The van der Waals surface area contributed by atoms with Crippen molar-refractivity contribution < 1.29 is 0 Å². The summed E-state index contributed by atoms with van der Waals surface area (Å²) in [5.74, 6) is 1.32. The highest BCUT2D eigenvalue weighted by Gasteiger charge is 2.12. The summed E-state index contributed by atoms with van der Waals surface area (Å²) in [5.41, 5.74) is 1.39. The second-order valence-electron chi connectivity index (χ2n) is 5.77. The van der Waals surface area contributed by atoms with Crippen LogP contribution in [0.15, 0.2) is 35.8 Å². The molecule has 1 heterocycles. The van der Waals surface area contributed by atoms with Crippen LogP contribution in [0.1, 0.15) is 44.6 Å². The van der Waals surface area contributed by atoms with Crippen LogP contribution in [0.25, 0.3) is 0 Å². The van der Waals surface area contributed by atoms with Gasteiger partial charge in [-0.25, -0.2) is 4.98 Å². The number of rotatable bonds is 8. The van der Waals surface area contributed by atoms with Crippen LogP contribution in [0.5, 0.6) is 0 Å². The number of nitrogens with zero attached hydrogens (tertiary/aromatic N) is 1.